The summed E-state index contributed by atoms with van der Waals surface area (Å²) in [6, 6.07) is 3.88. The number of aromatic nitrogens is 5. The van der Waals surface area contributed by atoms with Gasteiger partial charge in [-0.25, -0.2) is 4.98 Å². The summed E-state index contributed by atoms with van der Waals surface area (Å²) in [5.41, 5.74) is 1.92. The van der Waals surface area contributed by atoms with Crippen molar-refractivity contribution in [1.29, 1.82) is 0 Å². The molecule has 1 atom stereocenters. The van der Waals surface area contributed by atoms with E-state index in [4.69, 9.17) is 0 Å². The molecule has 1 saturated heterocycles. The Morgan fingerprint density at radius 1 is 1.25 bits per heavy atom. The molecule has 0 unspecified atom stereocenters. The van der Waals surface area contributed by atoms with Crippen molar-refractivity contribution < 1.29 is 4.79 Å². The molecule has 1 aliphatic carbocycles. The van der Waals surface area contributed by atoms with Crippen LogP contribution in [0.1, 0.15) is 36.8 Å². The van der Waals surface area contributed by atoms with E-state index in [9.17, 15) is 4.79 Å². The maximum Gasteiger partial charge on any atom is 0.229 e. The average Bonchev–Trinajstić information content (AvgIpc) is 3.33. The molecule has 1 N–H and O–H groups in total. The van der Waals surface area contributed by atoms with E-state index in [2.05, 4.69) is 37.4 Å². The third kappa shape index (κ3) is 3.34. The van der Waals surface area contributed by atoms with Gasteiger partial charge in [0, 0.05) is 23.9 Å². The molecule has 1 aliphatic heterocycles. The van der Waals surface area contributed by atoms with Gasteiger partial charge in [0.2, 0.25) is 5.91 Å². The second-order valence-corrected chi connectivity index (χ2v) is 8.90. The maximum atomic E-state index is 12.7. The van der Waals surface area contributed by atoms with Crippen LogP contribution in [0.15, 0.2) is 18.5 Å². The van der Waals surface area contributed by atoms with Crippen molar-refractivity contribution in [3.8, 4) is 0 Å². The van der Waals surface area contributed by atoms with Gasteiger partial charge in [-0.05, 0) is 50.2 Å². The van der Waals surface area contributed by atoms with Crippen molar-refractivity contribution in [2.75, 3.05) is 23.3 Å². The lowest BCUT2D eigenvalue weighted by molar-refractivity contribution is -0.120. The van der Waals surface area contributed by atoms with E-state index in [1.54, 1.807) is 22.2 Å². The van der Waals surface area contributed by atoms with Crippen LogP contribution in [0.2, 0.25) is 0 Å². The molecule has 1 fully saturated rings. The summed E-state index contributed by atoms with van der Waals surface area (Å²) in [5.74, 6) is 1.73. The fourth-order valence-corrected chi connectivity index (χ4v) is 5.23. The Balaban J connectivity index is 1.20. The van der Waals surface area contributed by atoms with Gasteiger partial charge in [0.15, 0.2) is 10.8 Å². The number of carbonyl (C=O) groups is 1. The standard InChI is InChI=1S/C19H23N7OS/c1-12-2-3-14-15(10-12)28-19(21-14)22-18(27)13-6-8-25(9-7-13)17-5-4-16-23-20-11-26(16)24-17/h4-5,11-13H,2-3,6-10H2,1H3,(H,21,22,27)/t12-/m1/s1. The zero-order chi connectivity index (χ0) is 19.1. The van der Waals surface area contributed by atoms with Crippen LogP contribution in [-0.4, -0.2) is 43.8 Å². The third-order valence-electron chi connectivity index (χ3n) is 5.75. The second-order valence-electron chi connectivity index (χ2n) is 7.81. The number of fused-ring (bicyclic) bond motifs is 2. The van der Waals surface area contributed by atoms with Gasteiger partial charge in [0.05, 0.1) is 5.69 Å². The van der Waals surface area contributed by atoms with E-state index >= 15 is 0 Å². The predicted molar refractivity (Wildman–Crippen MR) is 108 cm³/mol. The Kier molecular flexibility index (Phi) is 4.46. The lowest BCUT2D eigenvalue weighted by Crippen LogP contribution is -2.38. The minimum absolute atomic E-state index is 0.0229. The van der Waals surface area contributed by atoms with Gasteiger partial charge in [-0.1, -0.05) is 6.92 Å². The molecule has 146 valence electrons. The Hall–Kier alpha value is -2.55. The Morgan fingerprint density at radius 3 is 2.96 bits per heavy atom. The number of carbonyl (C=O) groups excluding carboxylic acids is 1. The number of aryl methyl sites for hydroxylation is 1. The quantitative estimate of drug-likeness (QED) is 0.731. The van der Waals surface area contributed by atoms with Crippen LogP contribution in [0.25, 0.3) is 5.65 Å². The summed E-state index contributed by atoms with van der Waals surface area (Å²) in [6.45, 7) is 3.90. The number of hydrogen-bond donors (Lipinski definition) is 1. The summed E-state index contributed by atoms with van der Waals surface area (Å²) in [4.78, 5) is 20.9. The molecular weight excluding hydrogens is 374 g/mol. The third-order valence-corrected chi connectivity index (χ3v) is 6.79. The summed E-state index contributed by atoms with van der Waals surface area (Å²) in [7, 11) is 0. The normalized spacial score (nSPS) is 20.3. The molecule has 2 aliphatic rings. The van der Waals surface area contributed by atoms with Gasteiger partial charge in [0.1, 0.15) is 12.1 Å². The number of piperidine rings is 1. The van der Waals surface area contributed by atoms with Gasteiger partial charge in [0.25, 0.3) is 0 Å². The van der Waals surface area contributed by atoms with Crippen LogP contribution in [0.3, 0.4) is 0 Å². The molecule has 5 rings (SSSR count). The summed E-state index contributed by atoms with van der Waals surface area (Å²) in [6.07, 6.45) is 6.55. The van der Waals surface area contributed by atoms with Crippen LogP contribution in [0, 0.1) is 11.8 Å². The van der Waals surface area contributed by atoms with E-state index in [-0.39, 0.29) is 11.8 Å². The van der Waals surface area contributed by atoms with Crippen molar-refractivity contribution in [1.82, 2.24) is 24.8 Å². The van der Waals surface area contributed by atoms with Crippen LogP contribution in [-0.2, 0) is 17.6 Å². The molecule has 0 spiro atoms. The summed E-state index contributed by atoms with van der Waals surface area (Å²) in [5, 5.41) is 16.2. The number of thiazole rings is 1. The maximum absolute atomic E-state index is 12.7. The number of hydrogen-bond acceptors (Lipinski definition) is 7. The highest BCUT2D eigenvalue weighted by molar-refractivity contribution is 7.15. The van der Waals surface area contributed by atoms with Crippen LogP contribution < -0.4 is 10.2 Å². The van der Waals surface area contributed by atoms with Gasteiger partial charge in [-0.2, -0.15) is 4.52 Å². The Morgan fingerprint density at radius 2 is 2.11 bits per heavy atom. The number of rotatable bonds is 3. The summed E-state index contributed by atoms with van der Waals surface area (Å²) >= 11 is 1.65. The van der Waals surface area contributed by atoms with Gasteiger partial charge in [-0.3, -0.25) is 4.79 Å². The van der Waals surface area contributed by atoms with Gasteiger partial charge < -0.3 is 10.2 Å². The molecule has 0 aromatic carbocycles. The molecule has 8 nitrogen and oxygen atoms in total. The van der Waals surface area contributed by atoms with Crippen LogP contribution >= 0.6 is 11.3 Å². The van der Waals surface area contributed by atoms with Crippen molar-refractivity contribution in [3.63, 3.8) is 0 Å². The molecule has 0 radical (unpaired) electrons. The van der Waals surface area contributed by atoms with E-state index in [1.807, 2.05) is 12.1 Å². The van der Waals surface area contributed by atoms with Crippen LogP contribution in [0.4, 0.5) is 10.9 Å². The lowest BCUT2D eigenvalue weighted by Gasteiger charge is -2.31. The molecule has 9 heteroatoms. The average molecular weight is 398 g/mol. The first kappa shape index (κ1) is 17.5. The summed E-state index contributed by atoms with van der Waals surface area (Å²) < 4.78 is 1.68. The lowest BCUT2D eigenvalue weighted by atomic mass is 9.93. The van der Waals surface area contributed by atoms with Crippen LogP contribution in [0.5, 0.6) is 0 Å². The highest BCUT2D eigenvalue weighted by Gasteiger charge is 2.27. The topological polar surface area (TPSA) is 88.3 Å². The van der Waals surface area contributed by atoms with Crippen molar-refractivity contribution in [2.45, 2.75) is 39.0 Å². The first-order valence-corrected chi connectivity index (χ1v) is 10.7. The van der Waals surface area contributed by atoms with Crippen molar-refractivity contribution >= 4 is 33.8 Å². The molecule has 3 aromatic heterocycles. The van der Waals surface area contributed by atoms with Crippen molar-refractivity contribution in [2.24, 2.45) is 11.8 Å². The molecule has 0 saturated carbocycles. The number of anilines is 2. The highest BCUT2D eigenvalue weighted by atomic mass is 32.1. The van der Waals surface area contributed by atoms with Crippen molar-refractivity contribution in [3.05, 3.63) is 29.0 Å². The molecule has 1 amide bonds. The van der Waals surface area contributed by atoms with E-state index in [0.717, 1.165) is 55.4 Å². The minimum Gasteiger partial charge on any atom is -0.355 e. The second kappa shape index (κ2) is 7.12. The monoisotopic (exact) mass is 397 g/mol. The molecule has 28 heavy (non-hydrogen) atoms. The van der Waals surface area contributed by atoms with E-state index in [0.29, 0.717) is 5.92 Å². The fourth-order valence-electron chi connectivity index (χ4n) is 4.06. The molecule has 4 heterocycles. The molecule has 0 bridgehead atoms. The van der Waals surface area contributed by atoms with Gasteiger partial charge >= 0.3 is 0 Å². The zero-order valence-electron chi connectivity index (χ0n) is 15.8. The smallest absolute Gasteiger partial charge is 0.229 e. The number of nitrogens with one attached hydrogen (secondary N) is 1. The SMILES string of the molecule is C[C@@H]1CCc2nc(NC(=O)C3CCN(c4ccc5nncn5n4)CC3)sc2C1. The highest BCUT2D eigenvalue weighted by Crippen LogP contribution is 2.32. The first-order chi connectivity index (χ1) is 13.7. The minimum atomic E-state index is 0.0229. The van der Waals surface area contributed by atoms with Gasteiger partial charge in [-0.15, -0.1) is 26.6 Å². The zero-order valence-corrected chi connectivity index (χ0v) is 16.7. The molecule has 3 aromatic rings. The number of amides is 1. The Labute approximate surface area is 167 Å². The Bertz CT molecular complexity index is 1000. The van der Waals surface area contributed by atoms with E-state index in [1.165, 1.54) is 17.0 Å². The number of nitrogens with zero attached hydrogens (tertiary/aromatic N) is 6. The molecular formula is C19H23N7OS. The fraction of sp³-hybridized carbons (Fsp3) is 0.526. The predicted octanol–water partition coefficient (Wildman–Crippen LogP) is 2.56. The largest absolute Gasteiger partial charge is 0.355 e. The van der Waals surface area contributed by atoms with E-state index < -0.39 is 0 Å². The first-order valence-electron chi connectivity index (χ1n) is 9.87.